The van der Waals surface area contributed by atoms with E-state index in [4.69, 9.17) is 11.6 Å². The average Bonchev–Trinajstić information content (AvgIpc) is 2.33. The number of hydrogen-bond donors (Lipinski definition) is 0. The molecule has 1 aromatic heterocycles. The highest BCUT2D eigenvalue weighted by molar-refractivity contribution is 6.30. The molecule has 0 aliphatic rings. The lowest BCUT2D eigenvalue weighted by molar-refractivity contribution is 1.33. The summed E-state index contributed by atoms with van der Waals surface area (Å²) in [6.45, 7) is 4.00. The monoisotopic (exact) mass is 219 g/mol. The van der Waals surface area contributed by atoms with Gasteiger partial charge in [-0.25, -0.2) is 0 Å². The molecule has 0 radical (unpaired) electrons. The highest BCUT2D eigenvalue weighted by Gasteiger charge is 1.97. The van der Waals surface area contributed by atoms with Crippen LogP contribution in [0.25, 0.3) is 11.3 Å². The Hall–Kier alpha value is -1.34. The minimum Gasteiger partial charge on any atom is -0.256 e. The maximum absolute atomic E-state index is 5.87. The smallest absolute Gasteiger partial charge is 0.0702 e. The summed E-state index contributed by atoms with van der Waals surface area (Å²) in [5.41, 5.74) is 2.00. The van der Waals surface area contributed by atoms with Crippen LogP contribution in [0.2, 0.25) is 5.02 Å². The molecular formula is C13H14ClN. The van der Waals surface area contributed by atoms with E-state index >= 15 is 0 Å². The second-order valence-corrected chi connectivity index (χ2v) is 3.16. The zero-order valence-electron chi connectivity index (χ0n) is 8.94. The van der Waals surface area contributed by atoms with E-state index in [1.165, 1.54) is 0 Å². The largest absolute Gasteiger partial charge is 0.256 e. The fourth-order valence-electron chi connectivity index (χ4n) is 1.18. The Morgan fingerprint density at radius 3 is 2.40 bits per heavy atom. The summed E-state index contributed by atoms with van der Waals surface area (Å²) < 4.78 is 0. The van der Waals surface area contributed by atoms with Crippen LogP contribution in [0.3, 0.4) is 0 Å². The van der Waals surface area contributed by atoms with Gasteiger partial charge in [0.2, 0.25) is 0 Å². The van der Waals surface area contributed by atoms with E-state index in [0.717, 1.165) is 16.3 Å². The lowest BCUT2D eigenvalue weighted by Crippen LogP contribution is -1.80. The maximum Gasteiger partial charge on any atom is 0.0702 e. The van der Waals surface area contributed by atoms with Crippen molar-refractivity contribution in [2.45, 2.75) is 13.8 Å². The highest BCUT2D eigenvalue weighted by atomic mass is 35.5. The Morgan fingerprint density at radius 2 is 1.80 bits per heavy atom. The van der Waals surface area contributed by atoms with Crippen LogP contribution < -0.4 is 0 Å². The van der Waals surface area contributed by atoms with Crippen LogP contribution in [0.15, 0.2) is 48.7 Å². The van der Waals surface area contributed by atoms with E-state index in [2.05, 4.69) is 4.98 Å². The van der Waals surface area contributed by atoms with Gasteiger partial charge in [0.25, 0.3) is 0 Å². The molecule has 1 nitrogen and oxygen atoms in total. The van der Waals surface area contributed by atoms with Crippen LogP contribution in [-0.4, -0.2) is 4.98 Å². The Morgan fingerprint density at radius 1 is 1.00 bits per heavy atom. The standard InChI is InChI=1S/C11H8ClN.C2H6/c12-10-5-3-4-9(8-10)11-6-1-2-7-13-11;1-2/h1-8H;1-2H3. The molecule has 15 heavy (non-hydrogen) atoms. The Balaban J connectivity index is 0.000000531. The van der Waals surface area contributed by atoms with Gasteiger partial charge in [-0.2, -0.15) is 0 Å². The molecule has 2 heteroatoms. The van der Waals surface area contributed by atoms with E-state index in [-0.39, 0.29) is 0 Å². The summed E-state index contributed by atoms with van der Waals surface area (Å²) in [7, 11) is 0. The summed E-state index contributed by atoms with van der Waals surface area (Å²) in [6, 6.07) is 13.5. The van der Waals surface area contributed by atoms with E-state index in [0.29, 0.717) is 0 Å². The lowest BCUT2D eigenvalue weighted by Gasteiger charge is -1.99. The fraction of sp³-hybridized carbons (Fsp3) is 0.154. The van der Waals surface area contributed by atoms with Crippen LogP contribution in [0.5, 0.6) is 0 Å². The molecule has 2 rings (SSSR count). The number of rotatable bonds is 1. The number of halogens is 1. The van der Waals surface area contributed by atoms with Gasteiger partial charge in [0.1, 0.15) is 0 Å². The molecular weight excluding hydrogens is 206 g/mol. The molecule has 0 N–H and O–H groups in total. The molecule has 0 aliphatic carbocycles. The predicted molar refractivity (Wildman–Crippen MR) is 66.0 cm³/mol. The normalized spacial score (nSPS) is 9.00. The lowest BCUT2D eigenvalue weighted by atomic mass is 10.1. The first-order chi connectivity index (χ1) is 7.36. The maximum atomic E-state index is 5.87. The van der Waals surface area contributed by atoms with Gasteiger partial charge in [0, 0.05) is 16.8 Å². The number of nitrogens with zero attached hydrogens (tertiary/aromatic N) is 1. The molecule has 1 aromatic carbocycles. The summed E-state index contributed by atoms with van der Waals surface area (Å²) in [6.07, 6.45) is 1.77. The topological polar surface area (TPSA) is 12.9 Å². The van der Waals surface area contributed by atoms with E-state index in [9.17, 15) is 0 Å². The van der Waals surface area contributed by atoms with Crippen LogP contribution in [0.1, 0.15) is 13.8 Å². The summed E-state index contributed by atoms with van der Waals surface area (Å²) in [5.74, 6) is 0. The van der Waals surface area contributed by atoms with Gasteiger partial charge in [-0.1, -0.05) is 43.6 Å². The minimum atomic E-state index is 0.739. The van der Waals surface area contributed by atoms with E-state index in [1.54, 1.807) is 6.20 Å². The molecule has 0 bridgehead atoms. The van der Waals surface area contributed by atoms with Crippen molar-refractivity contribution >= 4 is 11.6 Å². The third-order valence-corrected chi connectivity index (χ3v) is 2.02. The first-order valence-corrected chi connectivity index (χ1v) is 5.41. The van der Waals surface area contributed by atoms with Gasteiger partial charge in [0.15, 0.2) is 0 Å². The zero-order chi connectivity index (χ0) is 11.1. The molecule has 78 valence electrons. The fourth-order valence-corrected chi connectivity index (χ4v) is 1.37. The van der Waals surface area contributed by atoms with Crippen molar-refractivity contribution in [3.8, 4) is 11.3 Å². The predicted octanol–water partition coefficient (Wildman–Crippen LogP) is 4.43. The van der Waals surface area contributed by atoms with E-state index < -0.39 is 0 Å². The van der Waals surface area contributed by atoms with Gasteiger partial charge >= 0.3 is 0 Å². The van der Waals surface area contributed by atoms with Crippen molar-refractivity contribution < 1.29 is 0 Å². The molecule has 0 spiro atoms. The second kappa shape index (κ2) is 6.20. The number of aromatic nitrogens is 1. The van der Waals surface area contributed by atoms with Crippen LogP contribution >= 0.6 is 11.6 Å². The van der Waals surface area contributed by atoms with Crippen molar-refractivity contribution in [3.63, 3.8) is 0 Å². The number of benzene rings is 1. The average molecular weight is 220 g/mol. The summed E-state index contributed by atoms with van der Waals surface area (Å²) in [5, 5.41) is 0.739. The molecule has 2 aromatic rings. The third-order valence-electron chi connectivity index (χ3n) is 1.79. The molecule has 0 atom stereocenters. The van der Waals surface area contributed by atoms with Gasteiger partial charge < -0.3 is 0 Å². The van der Waals surface area contributed by atoms with Gasteiger partial charge in [0.05, 0.1) is 5.69 Å². The van der Waals surface area contributed by atoms with E-state index in [1.807, 2.05) is 56.3 Å². The molecule has 0 saturated carbocycles. The Kier molecular flexibility index (Phi) is 4.85. The molecule has 0 amide bonds. The number of pyridine rings is 1. The molecule has 0 fully saturated rings. The molecule has 0 saturated heterocycles. The molecule has 1 heterocycles. The van der Waals surface area contributed by atoms with Crippen molar-refractivity contribution in [3.05, 3.63) is 53.7 Å². The Bertz CT molecular complexity index is 398. The Labute approximate surface area is 95.7 Å². The van der Waals surface area contributed by atoms with Gasteiger partial charge in [-0.15, -0.1) is 0 Å². The zero-order valence-corrected chi connectivity index (χ0v) is 9.70. The minimum absolute atomic E-state index is 0.739. The second-order valence-electron chi connectivity index (χ2n) is 2.73. The van der Waals surface area contributed by atoms with Gasteiger partial charge in [-0.05, 0) is 24.3 Å². The SMILES string of the molecule is CC.Clc1cccc(-c2ccccn2)c1. The molecule has 0 unspecified atom stereocenters. The molecule has 0 aliphatic heterocycles. The third kappa shape index (κ3) is 3.37. The van der Waals surface area contributed by atoms with Crippen molar-refractivity contribution in [2.75, 3.05) is 0 Å². The number of hydrogen-bond acceptors (Lipinski definition) is 1. The van der Waals surface area contributed by atoms with Crippen LogP contribution in [0, 0.1) is 0 Å². The van der Waals surface area contributed by atoms with Gasteiger partial charge in [-0.3, -0.25) is 4.98 Å². The van der Waals surface area contributed by atoms with Crippen LogP contribution in [0.4, 0.5) is 0 Å². The quantitative estimate of drug-likeness (QED) is 0.692. The van der Waals surface area contributed by atoms with Crippen LogP contribution in [-0.2, 0) is 0 Å². The highest BCUT2D eigenvalue weighted by Crippen LogP contribution is 2.19. The first-order valence-electron chi connectivity index (χ1n) is 5.03. The first kappa shape index (κ1) is 11.7. The van der Waals surface area contributed by atoms with Crippen molar-refractivity contribution in [1.29, 1.82) is 0 Å². The van der Waals surface area contributed by atoms with Crippen molar-refractivity contribution in [2.24, 2.45) is 0 Å². The van der Waals surface area contributed by atoms with Crippen molar-refractivity contribution in [1.82, 2.24) is 4.98 Å². The summed E-state index contributed by atoms with van der Waals surface area (Å²) in [4.78, 5) is 4.23. The summed E-state index contributed by atoms with van der Waals surface area (Å²) >= 11 is 5.87.